The molecule has 4 aromatic rings. The van der Waals surface area contributed by atoms with Gasteiger partial charge in [0, 0.05) is 11.1 Å². The zero-order valence-electron chi connectivity index (χ0n) is 14.2. The van der Waals surface area contributed by atoms with Crippen molar-refractivity contribution in [3.8, 4) is 40.4 Å². The van der Waals surface area contributed by atoms with Crippen molar-refractivity contribution in [1.82, 2.24) is 20.2 Å². The zero-order valence-corrected chi connectivity index (χ0v) is 14.2. The fourth-order valence-electron chi connectivity index (χ4n) is 2.71. The highest BCUT2D eigenvalue weighted by Gasteiger charge is 2.17. The molecule has 0 radical (unpaired) electrons. The third kappa shape index (κ3) is 3.24. The van der Waals surface area contributed by atoms with E-state index < -0.39 is 0 Å². The van der Waals surface area contributed by atoms with Crippen molar-refractivity contribution in [2.24, 2.45) is 0 Å². The quantitative estimate of drug-likeness (QED) is 0.596. The van der Waals surface area contributed by atoms with Crippen molar-refractivity contribution < 1.29 is 4.42 Å². The Hall–Kier alpha value is -4.05. The Bertz CT molecular complexity index is 1130. The van der Waals surface area contributed by atoms with Gasteiger partial charge in [-0.25, -0.2) is 9.97 Å². The van der Waals surface area contributed by atoms with E-state index >= 15 is 0 Å². The molecule has 0 aliphatic carbocycles. The largest absolute Gasteiger partial charge is 0.414 e. The third-order valence-corrected chi connectivity index (χ3v) is 4.01. The Balaban J connectivity index is 1.77. The van der Waals surface area contributed by atoms with Crippen LogP contribution in [0.5, 0.6) is 0 Å². The predicted octanol–water partition coefficient (Wildman–Crippen LogP) is 3.51. The Kier molecular flexibility index (Phi) is 4.29. The maximum absolute atomic E-state index is 9.04. The zero-order chi connectivity index (χ0) is 18.6. The molecule has 2 aromatic carbocycles. The molecule has 7 heteroatoms. The monoisotopic (exact) mass is 354 g/mol. The number of rotatable bonds is 4. The maximum atomic E-state index is 9.04. The van der Waals surface area contributed by atoms with Gasteiger partial charge in [-0.15, -0.1) is 10.2 Å². The minimum Gasteiger partial charge on any atom is -0.414 e. The highest BCUT2D eigenvalue weighted by atomic mass is 16.4. The smallest absolute Gasteiger partial charge is 0.270 e. The minimum absolute atomic E-state index is 0.193. The third-order valence-electron chi connectivity index (χ3n) is 4.01. The molecule has 0 saturated carbocycles. The average Bonchev–Trinajstić information content (AvgIpc) is 3.20. The standard InChI is InChI=1S/C20H14N6O/c21-11-10-13-6-4-5-9-15(13)16-12-23-18(22)17(24-16)20-26-25-19(27-20)14-7-2-1-3-8-14/h1-9,12H,10H2,(H2,22,23). The summed E-state index contributed by atoms with van der Waals surface area (Å²) in [7, 11) is 0. The van der Waals surface area contributed by atoms with Gasteiger partial charge < -0.3 is 10.2 Å². The molecule has 0 amide bonds. The van der Waals surface area contributed by atoms with Gasteiger partial charge in [0.25, 0.3) is 5.89 Å². The van der Waals surface area contributed by atoms with Crippen LogP contribution in [0, 0.1) is 11.3 Å². The van der Waals surface area contributed by atoms with Crippen molar-refractivity contribution in [3.05, 3.63) is 66.4 Å². The second-order valence-electron chi connectivity index (χ2n) is 5.76. The number of nitrogens with two attached hydrogens (primary N) is 1. The molecular weight excluding hydrogens is 340 g/mol. The number of benzene rings is 2. The number of nitriles is 1. The molecule has 0 saturated heterocycles. The van der Waals surface area contributed by atoms with E-state index in [2.05, 4.69) is 26.2 Å². The van der Waals surface area contributed by atoms with Crippen LogP contribution in [0.3, 0.4) is 0 Å². The van der Waals surface area contributed by atoms with Gasteiger partial charge in [-0.2, -0.15) is 5.26 Å². The van der Waals surface area contributed by atoms with Crippen LogP contribution in [0.15, 0.2) is 65.2 Å². The molecule has 4 rings (SSSR count). The molecule has 130 valence electrons. The van der Waals surface area contributed by atoms with Crippen LogP contribution in [0.4, 0.5) is 5.82 Å². The number of nitrogens with zero attached hydrogens (tertiary/aromatic N) is 5. The Morgan fingerprint density at radius 1 is 0.963 bits per heavy atom. The molecule has 0 bridgehead atoms. The van der Waals surface area contributed by atoms with Crippen molar-refractivity contribution in [2.45, 2.75) is 6.42 Å². The van der Waals surface area contributed by atoms with Crippen molar-refractivity contribution in [3.63, 3.8) is 0 Å². The lowest BCUT2D eigenvalue weighted by atomic mass is 10.0. The van der Waals surface area contributed by atoms with E-state index in [0.717, 1.165) is 16.7 Å². The van der Waals surface area contributed by atoms with E-state index in [-0.39, 0.29) is 18.1 Å². The first-order chi connectivity index (χ1) is 13.3. The molecule has 0 aliphatic rings. The topological polar surface area (TPSA) is 115 Å². The summed E-state index contributed by atoms with van der Waals surface area (Å²) < 4.78 is 5.75. The van der Waals surface area contributed by atoms with E-state index in [9.17, 15) is 0 Å². The molecule has 0 fully saturated rings. The first-order valence-corrected chi connectivity index (χ1v) is 8.23. The van der Waals surface area contributed by atoms with Gasteiger partial charge in [-0.1, -0.05) is 42.5 Å². The highest BCUT2D eigenvalue weighted by Crippen LogP contribution is 2.29. The Morgan fingerprint density at radius 2 is 1.70 bits per heavy atom. The van der Waals surface area contributed by atoms with Crippen molar-refractivity contribution >= 4 is 5.82 Å². The summed E-state index contributed by atoms with van der Waals surface area (Å²) in [5, 5.41) is 17.2. The fraction of sp³-hybridized carbons (Fsp3) is 0.0500. The second-order valence-corrected chi connectivity index (χ2v) is 5.76. The fourth-order valence-corrected chi connectivity index (χ4v) is 2.71. The van der Waals surface area contributed by atoms with Crippen LogP contribution in [0.2, 0.25) is 0 Å². The summed E-state index contributed by atoms with van der Waals surface area (Å²) in [4.78, 5) is 8.79. The first kappa shape index (κ1) is 16.4. The Morgan fingerprint density at radius 3 is 2.52 bits per heavy atom. The summed E-state index contributed by atoms with van der Waals surface area (Å²) in [6, 6.07) is 19.1. The van der Waals surface area contributed by atoms with E-state index in [1.165, 1.54) is 0 Å². The van der Waals surface area contributed by atoms with Crippen molar-refractivity contribution in [1.29, 1.82) is 5.26 Å². The van der Waals surface area contributed by atoms with Crippen LogP contribution < -0.4 is 5.73 Å². The molecule has 2 N–H and O–H groups in total. The molecule has 2 heterocycles. The van der Waals surface area contributed by atoms with Gasteiger partial charge in [0.1, 0.15) is 0 Å². The van der Waals surface area contributed by atoms with Crippen LogP contribution >= 0.6 is 0 Å². The van der Waals surface area contributed by atoms with Crippen LogP contribution in [0.1, 0.15) is 5.56 Å². The number of aromatic nitrogens is 4. The van der Waals surface area contributed by atoms with E-state index in [1.807, 2.05) is 54.6 Å². The summed E-state index contributed by atoms with van der Waals surface area (Å²) in [5.41, 5.74) is 9.37. The molecule has 7 nitrogen and oxygen atoms in total. The summed E-state index contributed by atoms with van der Waals surface area (Å²) in [6.07, 6.45) is 1.85. The summed E-state index contributed by atoms with van der Waals surface area (Å²) >= 11 is 0. The average molecular weight is 354 g/mol. The Labute approximate surface area is 155 Å². The summed E-state index contributed by atoms with van der Waals surface area (Å²) in [5.74, 6) is 0.764. The first-order valence-electron chi connectivity index (χ1n) is 8.23. The number of hydrogen-bond acceptors (Lipinski definition) is 7. The second kappa shape index (κ2) is 7.06. The molecule has 0 unspecified atom stereocenters. The SMILES string of the molecule is N#CCc1ccccc1-c1cnc(N)c(-c2nnc(-c3ccccc3)o2)n1. The lowest BCUT2D eigenvalue weighted by molar-refractivity contribution is 0.582. The molecular formula is C20H14N6O. The molecule has 0 aliphatic heterocycles. The van der Waals surface area contributed by atoms with E-state index in [1.54, 1.807) is 6.20 Å². The maximum Gasteiger partial charge on any atom is 0.270 e. The van der Waals surface area contributed by atoms with Gasteiger partial charge in [0.2, 0.25) is 5.89 Å². The lowest BCUT2D eigenvalue weighted by Gasteiger charge is -2.07. The lowest BCUT2D eigenvalue weighted by Crippen LogP contribution is -2.00. The van der Waals surface area contributed by atoms with Gasteiger partial charge in [-0.3, -0.25) is 0 Å². The summed E-state index contributed by atoms with van der Waals surface area (Å²) in [6.45, 7) is 0. The van der Waals surface area contributed by atoms with Gasteiger partial charge in [-0.05, 0) is 17.7 Å². The van der Waals surface area contributed by atoms with Crippen LogP contribution in [-0.2, 0) is 6.42 Å². The van der Waals surface area contributed by atoms with Gasteiger partial charge in [0.15, 0.2) is 11.5 Å². The predicted molar refractivity (Wildman–Crippen MR) is 99.9 cm³/mol. The van der Waals surface area contributed by atoms with Gasteiger partial charge in [0.05, 0.1) is 24.4 Å². The molecule has 27 heavy (non-hydrogen) atoms. The van der Waals surface area contributed by atoms with Crippen molar-refractivity contribution in [2.75, 3.05) is 5.73 Å². The van der Waals surface area contributed by atoms with Crippen LogP contribution in [0.25, 0.3) is 34.3 Å². The van der Waals surface area contributed by atoms with E-state index in [0.29, 0.717) is 17.3 Å². The van der Waals surface area contributed by atoms with Crippen LogP contribution in [-0.4, -0.2) is 20.2 Å². The number of anilines is 1. The van der Waals surface area contributed by atoms with E-state index in [4.69, 9.17) is 15.4 Å². The highest BCUT2D eigenvalue weighted by molar-refractivity contribution is 5.70. The normalized spacial score (nSPS) is 10.5. The number of nitrogen functional groups attached to an aromatic ring is 1. The molecule has 2 aromatic heterocycles. The number of hydrogen-bond donors (Lipinski definition) is 1. The minimum atomic E-state index is 0.193. The molecule has 0 spiro atoms. The van der Waals surface area contributed by atoms with Gasteiger partial charge >= 0.3 is 0 Å². The molecule has 0 atom stereocenters.